The summed E-state index contributed by atoms with van der Waals surface area (Å²) in [6, 6.07) is 5.73. The van der Waals surface area contributed by atoms with Gasteiger partial charge in [-0.3, -0.25) is 4.79 Å². The summed E-state index contributed by atoms with van der Waals surface area (Å²) < 4.78 is 19.9. The molecule has 6 nitrogen and oxygen atoms in total. The topological polar surface area (TPSA) is 73.4 Å². The number of hydrogen-bond donors (Lipinski definition) is 1. The first kappa shape index (κ1) is 15.0. The van der Waals surface area contributed by atoms with Crippen LogP contribution in [0.1, 0.15) is 10.5 Å². The number of carbonyl (C=O) groups is 1. The molecule has 0 radical (unpaired) electrons. The quantitative estimate of drug-likeness (QED) is 0.863. The Labute approximate surface area is 121 Å². The van der Waals surface area contributed by atoms with Crippen LogP contribution in [-0.4, -0.2) is 47.8 Å². The summed E-state index contributed by atoms with van der Waals surface area (Å²) in [5, 5.41) is 4.09. The molecular weight excluding hydrogens is 275 g/mol. The number of ether oxygens (including phenoxy) is 1. The second-order valence-electron chi connectivity index (χ2n) is 4.78. The monoisotopic (exact) mass is 292 g/mol. The molecule has 0 saturated heterocycles. The van der Waals surface area contributed by atoms with Gasteiger partial charge >= 0.3 is 0 Å². The summed E-state index contributed by atoms with van der Waals surface area (Å²) in [7, 11) is 3.83. The second kappa shape index (κ2) is 6.36. The predicted molar refractivity (Wildman–Crippen MR) is 76.1 cm³/mol. The van der Waals surface area contributed by atoms with Crippen LogP contribution in [0, 0.1) is 5.82 Å². The van der Waals surface area contributed by atoms with E-state index in [1.54, 1.807) is 18.3 Å². The van der Waals surface area contributed by atoms with E-state index < -0.39 is 5.91 Å². The number of rotatable bonds is 6. The summed E-state index contributed by atoms with van der Waals surface area (Å²) in [6.07, 6.45) is 1.56. The van der Waals surface area contributed by atoms with Crippen LogP contribution in [0.3, 0.4) is 0 Å². The maximum absolute atomic E-state index is 12.9. The molecule has 21 heavy (non-hydrogen) atoms. The summed E-state index contributed by atoms with van der Waals surface area (Å²) in [4.78, 5) is 13.4. The molecule has 0 saturated carbocycles. The summed E-state index contributed by atoms with van der Waals surface area (Å²) >= 11 is 0. The summed E-state index contributed by atoms with van der Waals surface area (Å²) in [5.74, 6) is -0.701. The third-order valence-electron chi connectivity index (χ3n) is 2.80. The Morgan fingerprint density at radius 1 is 1.38 bits per heavy atom. The number of nitrogens with two attached hydrogens (primary N) is 1. The van der Waals surface area contributed by atoms with E-state index in [0.717, 1.165) is 0 Å². The van der Waals surface area contributed by atoms with E-state index in [2.05, 4.69) is 5.10 Å². The molecule has 2 rings (SSSR count). The number of likely N-dealkylation sites (N-methyl/N-ethyl adjacent to an activating group) is 1. The maximum atomic E-state index is 12.9. The first-order valence-electron chi connectivity index (χ1n) is 6.40. The lowest BCUT2D eigenvalue weighted by Gasteiger charge is -2.09. The van der Waals surface area contributed by atoms with Gasteiger partial charge in [-0.2, -0.15) is 5.10 Å². The van der Waals surface area contributed by atoms with Crippen LogP contribution < -0.4 is 10.5 Å². The SMILES string of the molecule is CN(C)CCOc1cn(-c2ccc(F)cc2)nc1C(N)=O. The van der Waals surface area contributed by atoms with Gasteiger partial charge in [-0.15, -0.1) is 0 Å². The van der Waals surface area contributed by atoms with Crippen molar-refractivity contribution in [3.05, 3.63) is 42.0 Å². The van der Waals surface area contributed by atoms with Gasteiger partial charge in [-0.25, -0.2) is 9.07 Å². The zero-order chi connectivity index (χ0) is 15.4. The van der Waals surface area contributed by atoms with Gasteiger partial charge in [0.1, 0.15) is 12.4 Å². The van der Waals surface area contributed by atoms with Crippen LogP contribution in [0.25, 0.3) is 5.69 Å². The standard InChI is InChI=1S/C14H17FN4O2/c1-18(2)7-8-21-12-9-19(17-13(12)14(16)20)11-5-3-10(15)4-6-11/h3-6,9H,7-8H2,1-2H3,(H2,16,20). The molecule has 0 aliphatic carbocycles. The van der Waals surface area contributed by atoms with Gasteiger partial charge < -0.3 is 15.4 Å². The van der Waals surface area contributed by atoms with Crippen molar-refractivity contribution in [3.8, 4) is 11.4 Å². The number of nitrogens with zero attached hydrogens (tertiary/aromatic N) is 3. The molecule has 1 amide bonds. The van der Waals surface area contributed by atoms with Gasteiger partial charge in [-0.05, 0) is 38.4 Å². The summed E-state index contributed by atoms with van der Waals surface area (Å²) in [6.45, 7) is 1.10. The first-order valence-corrected chi connectivity index (χ1v) is 6.40. The van der Waals surface area contributed by atoms with Crippen molar-refractivity contribution in [2.45, 2.75) is 0 Å². The van der Waals surface area contributed by atoms with E-state index in [4.69, 9.17) is 10.5 Å². The van der Waals surface area contributed by atoms with Crippen LogP contribution in [0.15, 0.2) is 30.5 Å². The number of benzene rings is 1. The van der Waals surface area contributed by atoms with Crippen molar-refractivity contribution in [2.75, 3.05) is 27.2 Å². The van der Waals surface area contributed by atoms with Crippen molar-refractivity contribution in [1.82, 2.24) is 14.7 Å². The molecule has 0 aliphatic heterocycles. The van der Waals surface area contributed by atoms with Crippen LogP contribution in [0.2, 0.25) is 0 Å². The Balaban J connectivity index is 2.24. The minimum Gasteiger partial charge on any atom is -0.488 e. The smallest absolute Gasteiger partial charge is 0.273 e. The lowest BCUT2D eigenvalue weighted by atomic mass is 10.3. The maximum Gasteiger partial charge on any atom is 0.273 e. The van der Waals surface area contributed by atoms with Crippen molar-refractivity contribution in [3.63, 3.8) is 0 Å². The molecule has 1 aromatic heterocycles. The number of aromatic nitrogens is 2. The Morgan fingerprint density at radius 3 is 2.62 bits per heavy atom. The van der Waals surface area contributed by atoms with Gasteiger partial charge in [-0.1, -0.05) is 0 Å². The molecular formula is C14H17FN4O2. The number of halogens is 1. The molecule has 112 valence electrons. The van der Waals surface area contributed by atoms with E-state index in [9.17, 15) is 9.18 Å². The Morgan fingerprint density at radius 2 is 2.05 bits per heavy atom. The third-order valence-corrected chi connectivity index (χ3v) is 2.80. The van der Waals surface area contributed by atoms with Crippen molar-refractivity contribution in [1.29, 1.82) is 0 Å². The van der Waals surface area contributed by atoms with E-state index in [1.165, 1.54) is 16.8 Å². The minimum atomic E-state index is -0.671. The lowest BCUT2D eigenvalue weighted by Crippen LogP contribution is -2.20. The third kappa shape index (κ3) is 3.79. The highest BCUT2D eigenvalue weighted by Crippen LogP contribution is 2.19. The molecule has 1 heterocycles. The van der Waals surface area contributed by atoms with Crippen molar-refractivity contribution >= 4 is 5.91 Å². The van der Waals surface area contributed by atoms with Gasteiger partial charge in [0.2, 0.25) is 0 Å². The average Bonchev–Trinajstić information content (AvgIpc) is 2.83. The van der Waals surface area contributed by atoms with Crippen molar-refractivity contribution < 1.29 is 13.9 Å². The molecule has 0 spiro atoms. The fraction of sp³-hybridized carbons (Fsp3) is 0.286. The Kier molecular flexibility index (Phi) is 4.54. The predicted octanol–water partition coefficient (Wildman–Crippen LogP) is 1.05. The molecule has 0 bridgehead atoms. The van der Waals surface area contributed by atoms with Crippen LogP contribution in [-0.2, 0) is 0 Å². The Bertz CT molecular complexity index is 622. The zero-order valence-electron chi connectivity index (χ0n) is 11.9. The highest BCUT2D eigenvalue weighted by atomic mass is 19.1. The highest BCUT2D eigenvalue weighted by Gasteiger charge is 2.16. The summed E-state index contributed by atoms with van der Waals surface area (Å²) in [5.41, 5.74) is 5.96. The fourth-order valence-corrected chi connectivity index (χ4v) is 1.70. The largest absolute Gasteiger partial charge is 0.488 e. The number of amides is 1. The molecule has 2 N–H and O–H groups in total. The van der Waals surface area contributed by atoms with Gasteiger partial charge in [0.05, 0.1) is 11.9 Å². The van der Waals surface area contributed by atoms with Crippen LogP contribution in [0.4, 0.5) is 4.39 Å². The van der Waals surface area contributed by atoms with Crippen LogP contribution in [0.5, 0.6) is 5.75 Å². The average molecular weight is 292 g/mol. The van der Waals surface area contributed by atoms with E-state index in [1.807, 2.05) is 19.0 Å². The first-order chi connectivity index (χ1) is 9.97. The lowest BCUT2D eigenvalue weighted by molar-refractivity contribution is 0.0991. The normalized spacial score (nSPS) is 10.9. The zero-order valence-corrected chi connectivity index (χ0v) is 11.9. The molecule has 1 aromatic carbocycles. The number of primary amides is 1. The number of hydrogen-bond acceptors (Lipinski definition) is 4. The van der Waals surface area contributed by atoms with Crippen LogP contribution >= 0.6 is 0 Å². The molecule has 0 aliphatic rings. The van der Waals surface area contributed by atoms with Gasteiger partial charge in [0, 0.05) is 6.54 Å². The molecule has 2 aromatic rings. The van der Waals surface area contributed by atoms with E-state index >= 15 is 0 Å². The molecule has 0 unspecified atom stereocenters. The van der Waals surface area contributed by atoms with E-state index in [-0.39, 0.29) is 11.5 Å². The minimum absolute atomic E-state index is 0.0538. The molecule has 7 heteroatoms. The van der Waals surface area contributed by atoms with Gasteiger partial charge in [0.25, 0.3) is 5.91 Å². The fourth-order valence-electron chi connectivity index (χ4n) is 1.70. The van der Waals surface area contributed by atoms with Gasteiger partial charge in [0.15, 0.2) is 11.4 Å². The number of carbonyl (C=O) groups excluding carboxylic acids is 1. The highest BCUT2D eigenvalue weighted by molar-refractivity contribution is 5.93. The molecule has 0 fully saturated rings. The Hall–Kier alpha value is -2.41. The van der Waals surface area contributed by atoms with Crippen molar-refractivity contribution in [2.24, 2.45) is 5.73 Å². The molecule has 0 atom stereocenters. The second-order valence-corrected chi connectivity index (χ2v) is 4.78. The van der Waals surface area contributed by atoms with E-state index in [0.29, 0.717) is 24.6 Å².